The third-order valence-electron chi connectivity index (χ3n) is 6.76. The van der Waals surface area contributed by atoms with Crippen LogP contribution >= 0.6 is 0 Å². The molecular weight excluding hydrogens is 480 g/mol. The summed E-state index contributed by atoms with van der Waals surface area (Å²) in [7, 11) is 2.04. The van der Waals surface area contributed by atoms with Gasteiger partial charge in [0.2, 0.25) is 0 Å². The first-order valence-corrected chi connectivity index (χ1v) is 12.9. The number of carbonyl (C=O) groups is 2. The number of nitrogens with one attached hydrogen (secondary N) is 2. The molecule has 0 spiro atoms. The Morgan fingerprint density at radius 3 is 2.42 bits per heavy atom. The van der Waals surface area contributed by atoms with E-state index in [0.29, 0.717) is 35.8 Å². The summed E-state index contributed by atoms with van der Waals surface area (Å²) >= 11 is 0. The van der Waals surface area contributed by atoms with Crippen LogP contribution < -0.4 is 15.4 Å². The predicted molar refractivity (Wildman–Crippen MR) is 149 cm³/mol. The van der Waals surface area contributed by atoms with E-state index in [-0.39, 0.29) is 30.6 Å². The molecule has 1 aliphatic rings. The topological polar surface area (TPSA) is 94.1 Å². The molecule has 0 aliphatic carbocycles. The number of likely N-dealkylation sites (N-methyl/N-ethyl adjacent to an activating group) is 1. The molecule has 200 valence electrons. The molecule has 0 unspecified atom stereocenters. The Morgan fingerprint density at radius 1 is 1.05 bits per heavy atom. The quantitative estimate of drug-likeness (QED) is 0.404. The van der Waals surface area contributed by atoms with Crippen molar-refractivity contribution in [2.45, 2.75) is 32.5 Å². The lowest BCUT2D eigenvalue weighted by atomic mass is 9.99. The van der Waals surface area contributed by atoms with Gasteiger partial charge >= 0.3 is 6.03 Å². The third kappa shape index (κ3) is 6.70. The number of para-hydroxylation sites is 2. The van der Waals surface area contributed by atoms with Crippen molar-refractivity contribution in [1.82, 2.24) is 9.80 Å². The van der Waals surface area contributed by atoms with Crippen LogP contribution in [0.2, 0.25) is 0 Å². The zero-order valence-electron chi connectivity index (χ0n) is 22.1. The highest BCUT2D eigenvalue weighted by Crippen LogP contribution is 2.35. The number of amides is 3. The lowest BCUT2D eigenvalue weighted by molar-refractivity contribution is 0.0343. The molecule has 1 aliphatic heterocycles. The number of nitrogens with zero attached hydrogens (tertiary/aromatic N) is 2. The van der Waals surface area contributed by atoms with Gasteiger partial charge in [-0.25, -0.2) is 4.79 Å². The van der Waals surface area contributed by atoms with Gasteiger partial charge in [0.25, 0.3) is 5.91 Å². The van der Waals surface area contributed by atoms with Gasteiger partial charge in [-0.05, 0) is 43.8 Å². The maximum Gasteiger partial charge on any atom is 0.323 e. The lowest BCUT2D eigenvalue weighted by Gasteiger charge is -2.38. The zero-order chi connectivity index (χ0) is 27.1. The number of aliphatic hydroxyl groups is 1. The second kappa shape index (κ2) is 12.6. The Hall–Kier alpha value is -3.88. The van der Waals surface area contributed by atoms with Crippen LogP contribution in [0.1, 0.15) is 29.8 Å². The largest absolute Gasteiger partial charge is 0.486 e. The molecule has 3 aromatic carbocycles. The SMILES string of the molecule is C[C@H](CO)N1C[C@H](C)[C@H](CN(C)Cc2ccccc2)Oc2c(NC(=O)Nc3ccccc3)cccc2C1=O. The van der Waals surface area contributed by atoms with Crippen LogP contribution in [0.5, 0.6) is 5.75 Å². The standard InChI is InChI=1S/C30H36N4O4/c1-21-17-34(22(2)20-35)29(36)25-15-10-16-26(32-30(37)31-24-13-8-5-9-14-24)28(25)38-27(21)19-33(3)18-23-11-6-4-7-12-23/h4-16,21-22,27,35H,17-20H2,1-3H3,(H2,31,32,37)/t21-,22+,27-/m0/s1. The second-order valence-corrected chi connectivity index (χ2v) is 9.93. The van der Waals surface area contributed by atoms with Crippen molar-refractivity contribution in [2.75, 3.05) is 37.4 Å². The van der Waals surface area contributed by atoms with E-state index in [1.807, 2.05) is 50.4 Å². The summed E-state index contributed by atoms with van der Waals surface area (Å²) < 4.78 is 6.58. The van der Waals surface area contributed by atoms with Crippen molar-refractivity contribution >= 4 is 23.3 Å². The average Bonchev–Trinajstić information content (AvgIpc) is 2.91. The maximum atomic E-state index is 13.6. The molecule has 0 radical (unpaired) electrons. The fourth-order valence-electron chi connectivity index (χ4n) is 4.63. The molecule has 0 bridgehead atoms. The van der Waals surface area contributed by atoms with E-state index < -0.39 is 6.03 Å². The van der Waals surface area contributed by atoms with Crippen molar-refractivity contribution in [3.63, 3.8) is 0 Å². The van der Waals surface area contributed by atoms with Crippen LogP contribution in [0.25, 0.3) is 0 Å². The molecule has 1 heterocycles. The van der Waals surface area contributed by atoms with Gasteiger partial charge < -0.3 is 25.4 Å². The summed E-state index contributed by atoms with van der Waals surface area (Å²) in [6, 6.07) is 23.7. The minimum absolute atomic E-state index is 0.0366. The molecule has 0 saturated carbocycles. The van der Waals surface area contributed by atoms with Gasteiger partial charge in [0.1, 0.15) is 6.10 Å². The molecule has 0 fully saturated rings. The number of fused-ring (bicyclic) bond motifs is 1. The first-order chi connectivity index (χ1) is 18.4. The molecule has 4 rings (SSSR count). The number of ether oxygens (including phenoxy) is 1. The van der Waals surface area contributed by atoms with Crippen LogP contribution in [0, 0.1) is 5.92 Å². The third-order valence-corrected chi connectivity index (χ3v) is 6.76. The van der Waals surface area contributed by atoms with Gasteiger partial charge in [0.15, 0.2) is 5.75 Å². The normalized spacial score (nSPS) is 18.1. The number of anilines is 2. The van der Waals surface area contributed by atoms with Crippen LogP contribution in [0.15, 0.2) is 78.9 Å². The highest BCUT2D eigenvalue weighted by Gasteiger charge is 2.34. The van der Waals surface area contributed by atoms with E-state index >= 15 is 0 Å². The first-order valence-electron chi connectivity index (χ1n) is 12.9. The van der Waals surface area contributed by atoms with Gasteiger partial charge in [-0.3, -0.25) is 9.69 Å². The fraction of sp³-hybridized carbons (Fsp3) is 0.333. The molecule has 3 amide bonds. The van der Waals surface area contributed by atoms with E-state index in [9.17, 15) is 14.7 Å². The van der Waals surface area contributed by atoms with Crippen molar-refractivity contribution < 1.29 is 19.4 Å². The van der Waals surface area contributed by atoms with Gasteiger partial charge in [-0.1, -0.05) is 61.5 Å². The summed E-state index contributed by atoms with van der Waals surface area (Å²) in [5.74, 6) is 0.0580. The van der Waals surface area contributed by atoms with E-state index in [1.54, 1.807) is 35.2 Å². The van der Waals surface area contributed by atoms with Crippen LogP contribution in [-0.2, 0) is 6.54 Å². The molecule has 0 saturated heterocycles. The van der Waals surface area contributed by atoms with Gasteiger partial charge in [-0.2, -0.15) is 0 Å². The maximum absolute atomic E-state index is 13.6. The number of carbonyl (C=O) groups excluding carboxylic acids is 2. The van der Waals surface area contributed by atoms with Crippen molar-refractivity contribution in [1.29, 1.82) is 0 Å². The Morgan fingerprint density at radius 2 is 1.74 bits per heavy atom. The first kappa shape index (κ1) is 27.2. The van der Waals surface area contributed by atoms with Gasteiger partial charge in [0.05, 0.1) is 23.9 Å². The van der Waals surface area contributed by atoms with E-state index in [0.717, 1.165) is 6.54 Å². The molecule has 3 N–H and O–H groups in total. The van der Waals surface area contributed by atoms with Crippen LogP contribution in [-0.4, -0.2) is 65.7 Å². The Kier molecular flexibility index (Phi) is 8.99. The highest BCUT2D eigenvalue weighted by molar-refractivity contribution is 6.04. The molecule has 3 atom stereocenters. The van der Waals surface area contributed by atoms with Crippen molar-refractivity contribution in [3.8, 4) is 5.75 Å². The summed E-state index contributed by atoms with van der Waals surface area (Å²) in [4.78, 5) is 30.4. The van der Waals surface area contributed by atoms with Crippen molar-refractivity contribution in [2.24, 2.45) is 5.92 Å². The monoisotopic (exact) mass is 516 g/mol. The summed E-state index contributed by atoms with van der Waals surface area (Å²) in [5.41, 5.74) is 2.61. The smallest absolute Gasteiger partial charge is 0.323 e. The summed E-state index contributed by atoms with van der Waals surface area (Å²) in [6.07, 6.45) is -0.274. The predicted octanol–water partition coefficient (Wildman–Crippen LogP) is 4.68. The fourth-order valence-corrected chi connectivity index (χ4v) is 4.63. The average molecular weight is 517 g/mol. The molecule has 8 heteroatoms. The Bertz CT molecular complexity index is 1220. The number of aliphatic hydroxyl groups excluding tert-OH is 1. The number of hydrogen-bond acceptors (Lipinski definition) is 5. The Balaban J connectivity index is 1.63. The molecule has 0 aromatic heterocycles. The Labute approximate surface area is 224 Å². The van der Waals surface area contributed by atoms with E-state index in [1.165, 1.54) is 5.56 Å². The van der Waals surface area contributed by atoms with E-state index in [4.69, 9.17) is 4.74 Å². The van der Waals surface area contributed by atoms with E-state index in [2.05, 4.69) is 34.6 Å². The summed E-state index contributed by atoms with van der Waals surface area (Å²) in [6.45, 7) is 5.53. The number of rotatable bonds is 8. The number of urea groups is 1. The molecule has 8 nitrogen and oxygen atoms in total. The molecule has 3 aromatic rings. The van der Waals surface area contributed by atoms with Gasteiger partial charge in [0, 0.05) is 31.2 Å². The minimum atomic E-state index is -0.436. The van der Waals surface area contributed by atoms with Crippen LogP contribution in [0.3, 0.4) is 0 Å². The second-order valence-electron chi connectivity index (χ2n) is 9.93. The minimum Gasteiger partial charge on any atom is -0.486 e. The summed E-state index contributed by atoms with van der Waals surface area (Å²) in [5, 5.41) is 15.6. The van der Waals surface area contributed by atoms with Crippen molar-refractivity contribution in [3.05, 3.63) is 90.0 Å². The van der Waals surface area contributed by atoms with Gasteiger partial charge in [-0.15, -0.1) is 0 Å². The van der Waals surface area contributed by atoms with Crippen LogP contribution in [0.4, 0.5) is 16.2 Å². The zero-order valence-corrected chi connectivity index (χ0v) is 22.1. The highest BCUT2D eigenvalue weighted by atomic mass is 16.5. The number of benzene rings is 3. The lowest BCUT2D eigenvalue weighted by Crippen LogP contribution is -2.49. The number of hydrogen-bond donors (Lipinski definition) is 3. The molecule has 38 heavy (non-hydrogen) atoms. The molecular formula is C30H36N4O4.